The van der Waals surface area contributed by atoms with Gasteiger partial charge in [0.05, 0.1) is 19.7 Å². The Bertz CT molecular complexity index is 1630. The number of hydrogen-bond acceptors (Lipinski definition) is 9. The first-order valence-corrected chi connectivity index (χ1v) is 12.6. The van der Waals surface area contributed by atoms with Gasteiger partial charge in [-0.1, -0.05) is 12.1 Å². The molecule has 0 fully saturated rings. The van der Waals surface area contributed by atoms with E-state index in [9.17, 15) is 19.6 Å². The van der Waals surface area contributed by atoms with Crippen molar-refractivity contribution >= 4 is 52.0 Å². The smallest absolute Gasteiger partial charge is 0.270 e. The number of thiazole rings is 1. The van der Waals surface area contributed by atoms with Crippen molar-refractivity contribution in [3.8, 4) is 17.9 Å². The number of anilines is 3. The first-order chi connectivity index (χ1) is 18.8. The lowest BCUT2D eigenvalue weighted by molar-refractivity contribution is -0.116. The third-order valence-electron chi connectivity index (χ3n) is 5.50. The van der Waals surface area contributed by atoms with Gasteiger partial charge in [-0.25, -0.2) is 0 Å². The van der Waals surface area contributed by atoms with Gasteiger partial charge in [0.1, 0.15) is 27.6 Å². The van der Waals surface area contributed by atoms with Gasteiger partial charge in [-0.05, 0) is 37.3 Å². The highest BCUT2D eigenvalue weighted by molar-refractivity contribution is 7.07. The van der Waals surface area contributed by atoms with Gasteiger partial charge in [0.25, 0.3) is 11.5 Å². The topological polar surface area (TPSA) is 152 Å². The van der Waals surface area contributed by atoms with Gasteiger partial charge in [-0.2, -0.15) is 10.5 Å². The maximum Gasteiger partial charge on any atom is 0.270 e. The molecule has 0 aliphatic rings. The molecule has 0 aliphatic heterocycles. The number of nitriles is 2. The molecule has 2 aromatic carbocycles. The van der Waals surface area contributed by atoms with Gasteiger partial charge in [-0.15, -0.1) is 11.3 Å². The molecule has 1 heterocycles. The summed E-state index contributed by atoms with van der Waals surface area (Å²) in [5.74, 6) is -0.241. The molecule has 0 saturated carbocycles. The van der Waals surface area contributed by atoms with E-state index in [4.69, 9.17) is 10.00 Å². The van der Waals surface area contributed by atoms with Gasteiger partial charge >= 0.3 is 0 Å². The molecule has 0 radical (unpaired) electrons. The molecule has 2 amide bonds. The molecule has 0 spiro atoms. The largest absolute Gasteiger partial charge is 0.497 e. The number of carbonyl (C=O) groups is 2. The van der Waals surface area contributed by atoms with Gasteiger partial charge in [0.2, 0.25) is 5.91 Å². The normalized spacial score (nSPS) is 11.6. The molecule has 39 heavy (non-hydrogen) atoms. The Morgan fingerprint density at radius 1 is 1.15 bits per heavy atom. The second-order valence-electron chi connectivity index (χ2n) is 8.12. The molecule has 1 aromatic heterocycles. The SMILES string of the molecule is CCn1c(=C(C#N)C(=O)NCC#N)sc(=CNc2cccc(NC(=O)CN(C)c3cccc(OC)c3)c2)c1=O. The van der Waals surface area contributed by atoms with Crippen LogP contribution < -0.4 is 40.3 Å². The van der Waals surface area contributed by atoms with E-state index in [0.717, 1.165) is 17.0 Å². The number of carbonyl (C=O) groups excluding carboxylic acids is 2. The lowest BCUT2D eigenvalue weighted by Crippen LogP contribution is -2.34. The fourth-order valence-electron chi connectivity index (χ4n) is 3.59. The number of aromatic nitrogens is 1. The van der Waals surface area contributed by atoms with Crippen LogP contribution in [0.15, 0.2) is 53.3 Å². The summed E-state index contributed by atoms with van der Waals surface area (Å²) in [4.78, 5) is 39.6. The van der Waals surface area contributed by atoms with Crippen LogP contribution in [0, 0.1) is 22.7 Å². The van der Waals surface area contributed by atoms with Crippen molar-refractivity contribution in [2.75, 3.05) is 42.8 Å². The van der Waals surface area contributed by atoms with Gasteiger partial charge in [0.15, 0.2) is 5.57 Å². The van der Waals surface area contributed by atoms with Crippen molar-refractivity contribution in [2.24, 2.45) is 0 Å². The minimum atomic E-state index is -0.720. The van der Waals surface area contributed by atoms with Crippen molar-refractivity contribution in [3.63, 3.8) is 0 Å². The Morgan fingerprint density at radius 2 is 1.90 bits per heavy atom. The van der Waals surface area contributed by atoms with Gasteiger partial charge < -0.3 is 25.6 Å². The predicted octanol–water partition coefficient (Wildman–Crippen LogP) is 1.18. The van der Waals surface area contributed by atoms with Gasteiger partial charge in [-0.3, -0.25) is 19.0 Å². The number of ether oxygens (including phenoxy) is 1. The van der Waals surface area contributed by atoms with Crippen molar-refractivity contribution < 1.29 is 14.3 Å². The van der Waals surface area contributed by atoms with Crippen LogP contribution in [0.25, 0.3) is 11.8 Å². The number of hydrogen-bond donors (Lipinski definition) is 3. The zero-order valence-electron chi connectivity index (χ0n) is 21.6. The monoisotopic (exact) mass is 545 g/mol. The zero-order chi connectivity index (χ0) is 28.4. The fourth-order valence-corrected chi connectivity index (χ4v) is 4.67. The average Bonchev–Trinajstić information content (AvgIpc) is 3.25. The lowest BCUT2D eigenvalue weighted by Gasteiger charge is -2.19. The fraction of sp³-hybridized carbons (Fsp3) is 0.222. The highest BCUT2D eigenvalue weighted by Gasteiger charge is 2.15. The number of likely N-dealkylation sites (N-methyl/N-ethyl adjacent to an activating group) is 1. The minimum absolute atomic E-state index is 0.116. The highest BCUT2D eigenvalue weighted by Crippen LogP contribution is 2.20. The first kappa shape index (κ1) is 28.5. The molecule has 11 nitrogen and oxygen atoms in total. The predicted molar refractivity (Wildman–Crippen MR) is 151 cm³/mol. The molecule has 0 unspecified atom stereocenters. The Morgan fingerprint density at radius 3 is 2.59 bits per heavy atom. The van der Waals surface area contributed by atoms with Crippen LogP contribution >= 0.6 is 11.3 Å². The second kappa shape index (κ2) is 13.5. The minimum Gasteiger partial charge on any atom is -0.497 e. The van der Waals surface area contributed by atoms with Crippen LogP contribution in [0.2, 0.25) is 0 Å². The molecule has 0 aliphatic carbocycles. The molecule has 3 rings (SSSR count). The van der Waals surface area contributed by atoms with Crippen LogP contribution in [0.5, 0.6) is 5.75 Å². The summed E-state index contributed by atoms with van der Waals surface area (Å²) in [6, 6.07) is 18.0. The van der Waals surface area contributed by atoms with Crippen molar-refractivity contribution in [1.29, 1.82) is 10.5 Å². The zero-order valence-corrected chi connectivity index (χ0v) is 22.5. The summed E-state index contributed by atoms with van der Waals surface area (Å²) < 4.78 is 7.05. The first-order valence-electron chi connectivity index (χ1n) is 11.8. The standard InChI is InChI=1S/C27H27N7O4S/c1-4-34-26(37)23(39-27(34)22(15-29)25(36)30-12-11-28)16-31-18-7-5-8-19(13-18)32-24(35)17-33(2)20-9-6-10-21(14-20)38-3/h5-10,13-14,16,31H,4,12,17H2,1-3H3,(H,30,36)(H,32,35). The maximum absolute atomic E-state index is 12.9. The Labute approximate surface area is 228 Å². The number of methoxy groups -OCH3 is 1. The van der Waals surface area contributed by atoms with E-state index in [1.165, 1.54) is 10.8 Å². The van der Waals surface area contributed by atoms with Crippen LogP contribution in [-0.4, -0.2) is 43.6 Å². The third kappa shape index (κ3) is 7.25. The van der Waals surface area contributed by atoms with Crippen LogP contribution in [0.4, 0.5) is 17.1 Å². The summed E-state index contributed by atoms with van der Waals surface area (Å²) in [5.41, 5.74) is 1.41. The van der Waals surface area contributed by atoms with E-state index < -0.39 is 5.91 Å². The van der Waals surface area contributed by atoms with Gasteiger partial charge in [0, 0.05) is 42.9 Å². The number of rotatable bonds is 10. The van der Waals surface area contributed by atoms with E-state index in [1.807, 2.05) is 37.4 Å². The summed E-state index contributed by atoms with van der Waals surface area (Å²) in [6.07, 6.45) is 1.49. The second-order valence-corrected chi connectivity index (χ2v) is 9.15. The molecule has 0 atom stereocenters. The molecule has 0 bridgehead atoms. The van der Waals surface area contributed by atoms with E-state index in [-0.39, 0.29) is 45.9 Å². The van der Waals surface area contributed by atoms with Crippen molar-refractivity contribution in [2.45, 2.75) is 13.5 Å². The number of amides is 2. The molecule has 0 saturated heterocycles. The quantitative estimate of drug-likeness (QED) is 0.321. The Hall–Kier alpha value is -5.07. The summed E-state index contributed by atoms with van der Waals surface area (Å²) >= 11 is 0.992. The molecule has 200 valence electrons. The highest BCUT2D eigenvalue weighted by atomic mass is 32.1. The van der Waals surface area contributed by atoms with Crippen molar-refractivity contribution in [3.05, 3.63) is 68.1 Å². The lowest BCUT2D eigenvalue weighted by atomic mass is 10.2. The van der Waals surface area contributed by atoms with Crippen LogP contribution in [0.3, 0.4) is 0 Å². The molecular weight excluding hydrogens is 518 g/mol. The summed E-state index contributed by atoms with van der Waals surface area (Å²) in [6.45, 7) is 1.84. The number of benzene rings is 2. The van der Waals surface area contributed by atoms with Crippen molar-refractivity contribution in [1.82, 2.24) is 9.88 Å². The Kier molecular flexibility index (Phi) is 9.84. The van der Waals surface area contributed by atoms with E-state index in [0.29, 0.717) is 17.1 Å². The number of nitrogens with zero attached hydrogens (tertiary/aromatic N) is 4. The van der Waals surface area contributed by atoms with E-state index >= 15 is 0 Å². The summed E-state index contributed by atoms with van der Waals surface area (Å²) in [7, 11) is 3.39. The average molecular weight is 546 g/mol. The van der Waals surface area contributed by atoms with Crippen LogP contribution in [0.1, 0.15) is 6.92 Å². The van der Waals surface area contributed by atoms with E-state index in [1.54, 1.807) is 49.3 Å². The number of nitrogens with one attached hydrogen (secondary N) is 3. The molecule has 12 heteroatoms. The van der Waals surface area contributed by atoms with E-state index in [2.05, 4.69) is 16.0 Å². The molecule has 3 N–H and O–H groups in total. The Balaban J connectivity index is 1.78. The third-order valence-corrected chi connectivity index (χ3v) is 6.63. The molecular formula is C27H27N7O4S. The summed E-state index contributed by atoms with van der Waals surface area (Å²) in [5, 5.41) is 26.4. The molecule has 3 aromatic rings. The van der Waals surface area contributed by atoms with Crippen LogP contribution in [-0.2, 0) is 16.1 Å². The maximum atomic E-state index is 12.9.